The van der Waals surface area contributed by atoms with Gasteiger partial charge in [0.05, 0.1) is 6.54 Å². The Hall–Kier alpha value is -1.71. The molecule has 1 unspecified atom stereocenters. The molecule has 0 saturated carbocycles. The van der Waals surface area contributed by atoms with Crippen LogP contribution in [0.4, 0.5) is 0 Å². The van der Waals surface area contributed by atoms with E-state index in [9.17, 15) is 4.79 Å². The van der Waals surface area contributed by atoms with Gasteiger partial charge in [0.25, 0.3) is 0 Å². The number of aryl methyl sites for hydroxylation is 1. The molecule has 0 fully saturated rings. The Morgan fingerprint density at radius 2 is 2.25 bits per heavy atom. The number of benzene rings is 1. The van der Waals surface area contributed by atoms with E-state index >= 15 is 0 Å². The molecule has 4 nitrogen and oxygen atoms in total. The van der Waals surface area contributed by atoms with Crippen molar-refractivity contribution in [1.82, 2.24) is 0 Å². The zero-order valence-electron chi connectivity index (χ0n) is 9.55. The number of hydrogen-bond acceptors (Lipinski definition) is 3. The molecule has 0 aliphatic heterocycles. The van der Waals surface area contributed by atoms with Crippen molar-refractivity contribution in [3.05, 3.63) is 35.4 Å². The minimum Gasteiger partial charge on any atom is -0.480 e. The van der Waals surface area contributed by atoms with Crippen LogP contribution in [0, 0.1) is 6.92 Å². The third-order valence-electron chi connectivity index (χ3n) is 2.20. The number of aliphatic carboxylic acids is 1. The molecule has 86 valence electrons. The molecule has 1 atom stereocenters. The minimum absolute atomic E-state index is 0.529. The number of nitrogens with zero attached hydrogens (tertiary/aromatic N) is 2. The maximum absolute atomic E-state index is 10.5. The average Bonchev–Trinajstić information content (AvgIpc) is 2.24. The van der Waals surface area contributed by atoms with Gasteiger partial charge in [-0.05, 0) is 25.8 Å². The lowest BCUT2D eigenvalue weighted by atomic mass is 10.1. The van der Waals surface area contributed by atoms with Crippen LogP contribution in [0.2, 0.25) is 0 Å². The second kappa shape index (κ2) is 6.00. The lowest BCUT2D eigenvalue weighted by Crippen LogP contribution is -2.12. The molecular formula is C12H16N2O2. The monoisotopic (exact) mass is 220 g/mol. The Bertz CT molecular complexity index is 388. The molecule has 0 aliphatic rings. The molecule has 1 rings (SSSR count). The van der Waals surface area contributed by atoms with E-state index in [0.29, 0.717) is 6.54 Å². The molecule has 16 heavy (non-hydrogen) atoms. The average molecular weight is 220 g/mol. The maximum Gasteiger partial charge on any atom is 0.330 e. The van der Waals surface area contributed by atoms with E-state index in [-0.39, 0.29) is 0 Å². The SMILES string of the molecule is Cc1cccc(CCN=NC(C)C(=O)O)c1. The highest BCUT2D eigenvalue weighted by atomic mass is 16.4. The smallest absolute Gasteiger partial charge is 0.330 e. The van der Waals surface area contributed by atoms with E-state index in [4.69, 9.17) is 5.11 Å². The predicted octanol–water partition coefficient (Wildman–Crippen LogP) is 2.46. The van der Waals surface area contributed by atoms with Crippen molar-refractivity contribution in [3.63, 3.8) is 0 Å². The predicted molar refractivity (Wildman–Crippen MR) is 61.7 cm³/mol. The van der Waals surface area contributed by atoms with E-state index in [1.165, 1.54) is 18.1 Å². The third kappa shape index (κ3) is 4.21. The molecular weight excluding hydrogens is 204 g/mol. The summed E-state index contributed by atoms with van der Waals surface area (Å²) in [6.45, 7) is 4.08. The topological polar surface area (TPSA) is 62.0 Å². The Balaban J connectivity index is 2.38. The van der Waals surface area contributed by atoms with Gasteiger partial charge >= 0.3 is 5.97 Å². The first-order valence-corrected chi connectivity index (χ1v) is 5.24. The van der Waals surface area contributed by atoms with E-state index in [0.717, 1.165) is 6.42 Å². The maximum atomic E-state index is 10.5. The number of azo groups is 1. The van der Waals surface area contributed by atoms with Crippen LogP contribution in [0.1, 0.15) is 18.1 Å². The highest BCUT2D eigenvalue weighted by molar-refractivity contribution is 5.72. The van der Waals surface area contributed by atoms with Gasteiger partial charge in [0.2, 0.25) is 0 Å². The number of carbonyl (C=O) groups is 1. The fourth-order valence-corrected chi connectivity index (χ4v) is 1.28. The largest absolute Gasteiger partial charge is 0.480 e. The molecule has 0 radical (unpaired) electrons. The highest BCUT2D eigenvalue weighted by Gasteiger charge is 2.07. The molecule has 1 N–H and O–H groups in total. The van der Waals surface area contributed by atoms with E-state index in [2.05, 4.69) is 16.3 Å². The molecule has 1 aromatic carbocycles. The number of carboxylic acid groups (broad SMARTS) is 1. The highest BCUT2D eigenvalue weighted by Crippen LogP contribution is 2.04. The van der Waals surface area contributed by atoms with Crippen LogP contribution in [0.3, 0.4) is 0 Å². The van der Waals surface area contributed by atoms with Crippen molar-refractivity contribution in [3.8, 4) is 0 Å². The van der Waals surface area contributed by atoms with E-state index in [1.54, 1.807) is 0 Å². The molecule has 1 aromatic rings. The zero-order valence-corrected chi connectivity index (χ0v) is 9.55. The van der Waals surface area contributed by atoms with Crippen LogP contribution in [0.25, 0.3) is 0 Å². The second-order valence-corrected chi connectivity index (χ2v) is 3.73. The van der Waals surface area contributed by atoms with Gasteiger partial charge in [-0.2, -0.15) is 10.2 Å². The fourth-order valence-electron chi connectivity index (χ4n) is 1.28. The summed E-state index contributed by atoms with van der Waals surface area (Å²) in [4.78, 5) is 10.5. The number of hydrogen-bond donors (Lipinski definition) is 1. The van der Waals surface area contributed by atoms with Gasteiger partial charge in [-0.1, -0.05) is 29.8 Å². The van der Waals surface area contributed by atoms with Crippen molar-refractivity contribution in [2.45, 2.75) is 26.3 Å². The van der Waals surface area contributed by atoms with Crippen LogP contribution in [-0.4, -0.2) is 23.7 Å². The summed E-state index contributed by atoms with van der Waals surface area (Å²) >= 11 is 0. The molecule has 0 heterocycles. The molecule has 0 spiro atoms. The van der Waals surface area contributed by atoms with Crippen molar-refractivity contribution >= 4 is 5.97 Å². The van der Waals surface area contributed by atoms with Gasteiger partial charge in [0.1, 0.15) is 0 Å². The first-order chi connectivity index (χ1) is 7.59. The summed E-state index contributed by atoms with van der Waals surface area (Å²) in [6, 6.07) is 7.41. The molecule has 0 saturated heterocycles. The first kappa shape index (κ1) is 12.4. The lowest BCUT2D eigenvalue weighted by molar-refractivity contribution is -0.138. The van der Waals surface area contributed by atoms with Crippen molar-refractivity contribution in [2.75, 3.05) is 6.54 Å². The molecule has 0 aliphatic carbocycles. The van der Waals surface area contributed by atoms with Crippen LogP contribution in [0.5, 0.6) is 0 Å². The van der Waals surface area contributed by atoms with Gasteiger partial charge < -0.3 is 5.11 Å². The molecule has 0 bridgehead atoms. The third-order valence-corrected chi connectivity index (χ3v) is 2.20. The van der Waals surface area contributed by atoms with Crippen LogP contribution in [0.15, 0.2) is 34.5 Å². The van der Waals surface area contributed by atoms with Crippen LogP contribution < -0.4 is 0 Å². The van der Waals surface area contributed by atoms with Gasteiger partial charge in [0, 0.05) is 0 Å². The van der Waals surface area contributed by atoms with Crippen LogP contribution >= 0.6 is 0 Å². The molecule has 0 aromatic heterocycles. The minimum atomic E-state index is -0.945. The Labute approximate surface area is 95.0 Å². The Kier molecular flexibility index (Phi) is 4.64. The summed E-state index contributed by atoms with van der Waals surface area (Å²) in [5.74, 6) is -0.945. The fraction of sp³-hybridized carbons (Fsp3) is 0.417. The van der Waals surface area contributed by atoms with E-state index < -0.39 is 12.0 Å². The Morgan fingerprint density at radius 1 is 1.50 bits per heavy atom. The van der Waals surface area contributed by atoms with Gasteiger partial charge in [0.15, 0.2) is 6.04 Å². The van der Waals surface area contributed by atoms with Crippen molar-refractivity contribution in [2.24, 2.45) is 10.2 Å². The standard InChI is InChI=1S/C12H16N2O2/c1-9-4-3-5-11(8-9)6-7-13-14-10(2)12(15)16/h3-5,8,10H,6-7H2,1-2H3,(H,15,16). The first-order valence-electron chi connectivity index (χ1n) is 5.24. The normalized spacial score (nSPS) is 12.9. The molecule has 0 amide bonds. The van der Waals surface area contributed by atoms with Gasteiger partial charge in [-0.3, -0.25) is 0 Å². The summed E-state index contributed by atoms with van der Waals surface area (Å²) in [6.07, 6.45) is 0.789. The quantitative estimate of drug-likeness (QED) is 0.775. The summed E-state index contributed by atoms with van der Waals surface area (Å²) in [7, 11) is 0. The van der Waals surface area contributed by atoms with Gasteiger partial charge in [-0.15, -0.1) is 0 Å². The lowest BCUT2D eigenvalue weighted by Gasteiger charge is -2.00. The van der Waals surface area contributed by atoms with Crippen LogP contribution in [-0.2, 0) is 11.2 Å². The Morgan fingerprint density at radius 3 is 2.88 bits per heavy atom. The second-order valence-electron chi connectivity index (χ2n) is 3.73. The summed E-state index contributed by atoms with van der Waals surface area (Å²) in [5.41, 5.74) is 2.41. The van der Waals surface area contributed by atoms with Gasteiger partial charge in [-0.25, -0.2) is 4.79 Å². The van der Waals surface area contributed by atoms with E-state index in [1.807, 2.05) is 25.1 Å². The number of rotatable bonds is 5. The number of carboxylic acids is 1. The van der Waals surface area contributed by atoms with Crippen molar-refractivity contribution in [1.29, 1.82) is 0 Å². The summed E-state index contributed by atoms with van der Waals surface area (Å²) < 4.78 is 0. The van der Waals surface area contributed by atoms with Crippen molar-refractivity contribution < 1.29 is 9.90 Å². The zero-order chi connectivity index (χ0) is 12.0. The molecule has 4 heteroatoms. The summed E-state index contributed by atoms with van der Waals surface area (Å²) in [5, 5.41) is 16.1.